The van der Waals surface area contributed by atoms with E-state index in [4.69, 9.17) is 0 Å². The van der Waals surface area contributed by atoms with E-state index in [1.807, 2.05) is 6.92 Å². The van der Waals surface area contributed by atoms with Crippen molar-refractivity contribution in [1.82, 2.24) is 9.59 Å². The number of nitrogens with zero attached hydrogens (tertiary/aromatic N) is 2. The van der Waals surface area contributed by atoms with Gasteiger partial charge in [0.25, 0.3) is 0 Å². The maximum absolute atomic E-state index is 10.1. The molecule has 1 rings (SSSR count). The second kappa shape index (κ2) is 4.96. The first-order valence-corrected chi connectivity index (χ1v) is 3.35. The van der Waals surface area contributed by atoms with Crippen LogP contribution in [0.3, 0.4) is 0 Å². The molecule has 0 unspecified atom stereocenters. The van der Waals surface area contributed by atoms with Crippen molar-refractivity contribution >= 4 is 17.8 Å². The fourth-order valence-corrected chi connectivity index (χ4v) is 1.07. The Labute approximate surface area is 85.3 Å². The predicted molar refractivity (Wildman–Crippen MR) is 34.1 cm³/mol. The van der Waals surface area contributed by atoms with E-state index in [1.54, 1.807) is 6.29 Å². The summed E-state index contributed by atoms with van der Waals surface area (Å²) in [5.41, 5.74) is 0.745. The average molecular weight is 164 g/mol. The zero-order chi connectivity index (χ0) is 6.69. The summed E-state index contributed by atoms with van der Waals surface area (Å²) in [4.78, 5) is 10.6. The molecule has 5 heteroatoms. The van der Waals surface area contributed by atoms with Crippen LogP contribution in [0.15, 0.2) is 0 Å². The Kier molecular flexibility index (Phi) is 5.07. The van der Waals surface area contributed by atoms with E-state index < -0.39 is 0 Å². The molecule has 10 heavy (non-hydrogen) atoms. The summed E-state index contributed by atoms with van der Waals surface area (Å²) in [7, 11) is 0. The van der Waals surface area contributed by atoms with Crippen LogP contribution in [0.25, 0.3) is 0 Å². The van der Waals surface area contributed by atoms with E-state index in [0.717, 1.165) is 23.6 Å². The van der Waals surface area contributed by atoms with Gasteiger partial charge in [0.15, 0.2) is 0 Å². The molecular weight excluding hydrogens is 159 g/mol. The van der Waals surface area contributed by atoms with Gasteiger partial charge in [0.05, 0.1) is 0 Å². The van der Waals surface area contributed by atoms with Crippen molar-refractivity contribution in [3.05, 3.63) is 10.6 Å². The number of rotatable bonds is 2. The molecular formula is C5H5N2NaOS. The summed E-state index contributed by atoms with van der Waals surface area (Å²) in [6.07, 6.45) is 2.52. The Morgan fingerprint density at radius 1 is 1.70 bits per heavy atom. The molecule has 3 nitrogen and oxygen atoms in total. The predicted octanol–water partition coefficient (Wildman–Crippen LogP) is -2.44. The molecule has 0 aliphatic heterocycles. The van der Waals surface area contributed by atoms with Crippen LogP contribution in [-0.2, 0) is 11.2 Å². The third-order valence-corrected chi connectivity index (χ3v) is 1.65. The Bertz CT molecular complexity index is 213. The van der Waals surface area contributed by atoms with E-state index in [9.17, 15) is 4.79 Å². The van der Waals surface area contributed by atoms with Gasteiger partial charge >= 0.3 is 29.6 Å². The van der Waals surface area contributed by atoms with Crippen molar-refractivity contribution in [2.45, 2.75) is 13.3 Å². The molecule has 0 aliphatic rings. The number of aryl methyl sites for hydroxylation is 1. The van der Waals surface area contributed by atoms with Crippen LogP contribution in [0.1, 0.15) is 17.5 Å². The number of carbonyl (C=O) groups excluding carboxylic acids is 1. The summed E-state index contributed by atoms with van der Waals surface area (Å²) in [6, 6.07) is 0. The average Bonchev–Trinajstić information content (AvgIpc) is 2.33. The van der Waals surface area contributed by atoms with Crippen molar-refractivity contribution < 1.29 is 34.4 Å². The third-order valence-electron chi connectivity index (χ3n) is 0.983. The molecule has 0 saturated heterocycles. The first kappa shape index (κ1) is 10.2. The van der Waals surface area contributed by atoms with Crippen LogP contribution in [0.2, 0.25) is 0 Å². The summed E-state index contributed by atoms with van der Waals surface area (Å²) in [6.45, 7) is 1.93. The molecule has 0 atom stereocenters. The van der Waals surface area contributed by atoms with E-state index in [1.165, 1.54) is 0 Å². The van der Waals surface area contributed by atoms with Crippen LogP contribution < -0.4 is 29.6 Å². The van der Waals surface area contributed by atoms with Gasteiger partial charge in [-0.15, -0.1) is 4.49 Å². The SMILES string of the molecule is CCc1nnsc1[C-]=O.[Na+]. The largest absolute Gasteiger partial charge is 1.00 e. The Hall–Kier alpha value is 0.230. The van der Waals surface area contributed by atoms with E-state index >= 15 is 0 Å². The van der Waals surface area contributed by atoms with Gasteiger partial charge in [-0.05, 0) is 0 Å². The van der Waals surface area contributed by atoms with E-state index in [2.05, 4.69) is 9.59 Å². The zero-order valence-corrected chi connectivity index (χ0v) is 8.73. The van der Waals surface area contributed by atoms with Crippen molar-refractivity contribution in [2.24, 2.45) is 0 Å². The van der Waals surface area contributed by atoms with Gasteiger partial charge in [-0.2, -0.15) is 0 Å². The molecule has 0 N–H and O–H groups in total. The van der Waals surface area contributed by atoms with Crippen LogP contribution in [0.4, 0.5) is 0 Å². The topological polar surface area (TPSA) is 42.9 Å². The maximum atomic E-state index is 10.1. The first-order valence-electron chi connectivity index (χ1n) is 2.58. The number of hydrogen-bond donors (Lipinski definition) is 0. The van der Waals surface area contributed by atoms with Gasteiger partial charge in [-0.1, -0.05) is 35.4 Å². The normalized spacial score (nSPS) is 8.50. The van der Waals surface area contributed by atoms with Gasteiger partial charge in [-0.25, -0.2) is 5.10 Å². The van der Waals surface area contributed by atoms with Gasteiger partial charge in [0.2, 0.25) is 0 Å². The second-order valence-electron chi connectivity index (χ2n) is 1.50. The van der Waals surface area contributed by atoms with E-state index in [0.29, 0.717) is 4.88 Å². The fourth-order valence-electron chi connectivity index (χ4n) is 0.517. The monoisotopic (exact) mass is 164 g/mol. The quantitative estimate of drug-likeness (QED) is 0.360. The molecule has 1 heterocycles. The number of aromatic nitrogens is 2. The Balaban J connectivity index is 0.000000810. The standard InChI is InChI=1S/C5H5N2OS.Na/c1-2-4-5(3-8)9-7-6-4;/h2H2,1H3;/q-1;+1. The molecule has 0 radical (unpaired) electrons. The van der Waals surface area contributed by atoms with Crippen molar-refractivity contribution in [2.75, 3.05) is 0 Å². The minimum atomic E-state index is 0. The van der Waals surface area contributed by atoms with Gasteiger partial charge < -0.3 is 4.79 Å². The minimum Gasteiger partial charge on any atom is -0.417 e. The van der Waals surface area contributed by atoms with Gasteiger partial charge in [-0.3, -0.25) is 0 Å². The van der Waals surface area contributed by atoms with E-state index in [-0.39, 0.29) is 29.6 Å². The molecule has 0 bridgehead atoms. The summed E-state index contributed by atoms with van der Waals surface area (Å²) in [5.74, 6) is 0. The van der Waals surface area contributed by atoms with Crippen molar-refractivity contribution in [3.8, 4) is 0 Å². The summed E-state index contributed by atoms with van der Waals surface area (Å²) >= 11 is 1.09. The molecule has 1 aromatic heterocycles. The molecule has 0 saturated carbocycles. The molecule has 0 amide bonds. The first-order chi connectivity index (χ1) is 4.38. The summed E-state index contributed by atoms with van der Waals surface area (Å²) < 4.78 is 3.59. The Morgan fingerprint density at radius 2 is 2.40 bits per heavy atom. The fraction of sp³-hybridized carbons (Fsp3) is 0.400. The Morgan fingerprint density at radius 3 is 2.80 bits per heavy atom. The molecule has 48 valence electrons. The zero-order valence-electron chi connectivity index (χ0n) is 5.92. The van der Waals surface area contributed by atoms with Crippen LogP contribution in [-0.4, -0.2) is 15.9 Å². The second-order valence-corrected chi connectivity index (χ2v) is 2.26. The molecule has 0 aromatic carbocycles. The van der Waals surface area contributed by atoms with Gasteiger partial charge in [0, 0.05) is 6.29 Å². The van der Waals surface area contributed by atoms with Crippen molar-refractivity contribution in [3.63, 3.8) is 0 Å². The van der Waals surface area contributed by atoms with Gasteiger partial charge in [0.1, 0.15) is 0 Å². The van der Waals surface area contributed by atoms with Crippen LogP contribution in [0, 0.1) is 0 Å². The smallest absolute Gasteiger partial charge is 0.417 e. The minimum absolute atomic E-state index is 0. The molecule has 0 spiro atoms. The molecule has 1 aromatic rings. The van der Waals surface area contributed by atoms with Crippen molar-refractivity contribution in [1.29, 1.82) is 0 Å². The third kappa shape index (κ3) is 2.12. The number of hydrogen-bond acceptors (Lipinski definition) is 4. The maximum Gasteiger partial charge on any atom is 1.00 e. The molecule has 0 aliphatic carbocycles. The van der Waals surface area contributed by atoms with Crippen LogP contribution >= 0.6 is 11.5 Å². The van der Waals surface area contributed by atoms with Crippen LogP contribution in [0.5, 0.6) is 0 Å². The molecule has 0 fully saturated rings. The summed E-state index contributed by atoms with van der Waals surface area (Å²) in [5, 5.41) is 3.71.